The summed E-state index contributed by atoms with van der Waals surface area (Å²) in [4.78, 5) is 6.60. The second kappa shape index (κ2) is 5.85. The number of benzene rings is 1. The van der Waals surface area contributed by atoms with Gasteiger partial charge >= 0.3 is 0 Å². The fraction of sp³-hybridized carbons (Fsp3) is 0.312. The summed E-state index contributed by atoms with van der Waals surface area (Å²) in [6, 6.07) is 12.5. The maximum Gasteiger partial charge on any atom is 0.133 e. The number of aryl methyl sites for hydroxylation is 1. The van der Waals surface area contributed by atoms with Crippen LogP contribution in [0.2, 0.25) is 0 Å². The zero-order valence-electron chi connectivity index (χ0n) is 11.8. The summed E-state index contributed by atoms with van der Waals surface area (Å²) in [5.74, 6) is 0.957. The number of nitrogens with zero attached hydrogens (tertiary/aromatic N) is 2. The maximum atomic E-state index is 6.00. The Bertz CT molecular complexity index is 532. The minimum atomic E-state index is -0.0100. The summed E-state index contributed by atoms with van der Waals surface area (Å²) >= 11 is 0. The second-order valence-electron chi connectivity index (χ2n) is 5.05. The first-order chi connectivity index (χ1) is 9.08. The van der Waals surface area contributed by atoms with E-state index in [1.807, 2.05) is 32.3 Å². The van der Waals surface area contributed by atoms with E-state index in [0.717, 1.165) is 17.9 Å². The van der Waals surface area contributed by atoms with Gasteiger partial charge in [-0.25, -0.2) is 4.98 Å². The van der Waals surface area contributed by atoms with Crippen molar-refractivity contribution in [2.75, 3.05) is 11.9 Å². The summed E-state index contributed by atoms with van der Waals surface area (Å²) in [7, 11) is 2.05. The van der Waals surface area contributed by atoms with Crippen LogP contribution in [0.15, 0.2) is 42.6 Å². The average Bonchev–Trinajstić information content (AvgIpc) is 2.41. The SMILES string of the molecule is Cc1ccc(CN(C)c2ncccc2[C@H](C)N)cc1. The maximum absolute atomic E-state index is 6.00. The Hall–Kier alpha value is -1.87. The van der Waals surface area contributed by atoms with Crippen LogP contribution in [-0.2, 0) is 6.54 Å². The first-order valence-corrected chi connectivity index (χ1v) is 6.55. The molecule has 0 saturated heterocycles. The standard InChI is InChI=1S/C16H21N3/c1-12-6-8-14(9-7-12)11-19(3)16-15(13(2)17)5-4-10-18-16/h4-10,13H,11,17H2,1-3H3/t13-/m0/s1. The molecule has 0 amide bonds. The van der Waals surface area contributed by atoms with E-state index in [0.29, 0.717) is 0 Å². The van der Waals surface area contributed by atoms with Crippen LogP contribution in [0.4, 0.5) is 5.82 Å². The Kier molecular flexibility index (Phi) is 4.17. The van der Waals surface area contributed by atoms with Crippen molar-refractivity contribution in [1.82, 2.24) is 4.98 Å². The zero-order valence-corrected chi connectivity index (χ0v) is 11.8. The van der Waals surface area contributed by atoms with Gasteiger partial charge in [-0.3, -0.25) is 0 Å². The molecule has 2 rings (SSSR count). The van der Waals surface area contributed by atoms with Crippen molar-refractivity contribution in [2.24, 2.45) is 5.73 Å². The fourth-order valence-electron chi connectivity index (χ4n) is 2.13. The molecule has 1 atom stereocenters. The molecule has 0 saturated carbocycles. The smallest absolute Gasteiger partial charge is 0.133 e. The highest BCUT2D eigenvalue weighted by Gasteiger charge is 2.11. The Balaban J connectivity index is 2.20. The summed E-state index contributed by atoms with van der Waals surface area (Å²) < 4.78 is 0. The predicted molar refractivity (Wildman–Crippen MR) is 80.1 cm³/mol. The molecule has 19 heavy (non-hydrogen) atoms. The first kappa shape index (κ1) is 13.6. The molecule has 3 nitrogen and oxygen atoms in total. The van der Waals surface area contributed by atoms with E-state index in [-0.39, 0.29) is 6.04 Å². The number of aromatic nitrogens is 1. The minimum Gasteiger partial charge on any atom is -0.355 e. The number of rotatable bonds is 4. The Morgan fingerprint density at radius 1 is 1.21 bits per heavy atom. The summed E-state index contributed by atoms with van der Waals surface area (Å²) in [5, 5.41) is 0. The Morgan fingerprint density at radius 3 is 2.53 bits per heavy atom. The van der Waals surface area contributed by atoms with E-state index < -0.39 is 0 Å². The van der Waals surface area contributed by atoms with E-state index in [4.69, 9.17) is 5.73 Å². The highest BCUT2D eigenvalue weighted by Crippen LogP contribution is 2.22. The molecule has 0 aliphatic carbocycles. The Morgan fingerprint density at radius 2 is 1.89 bits per heavy atom. The van der Waals surface area contributed by atoms with Crippen molar-refractivity contribution in [1.29, 1.82) is 0 Å². The number of pyridine rings is 1. The van der Waals surface area contributed by atoms with Crippen molar-refractivity contribution < 1.29 is 0 Å². The summed E-state index contributed by atoms with van der Waals surface area (Å²) in [6.45, 7) is 4.91. The van der Waals surface area contributed by atoms with Crippen molar-refractivity contribution in [3.05, 3.63) is 59.3 Å². The van der Waals surface area contributed by atoms with Crippen LogP contribution in [0.3, 0.4) is 0 Å². The molecule has 2 N–H and O–H groups in total. The van der Waals surface area contributed by atoms with Gasteiger partial charge in [0.1, 0.15) is 5.82 Å². The van der Waals surface area contributed by atoms with Gasteiger partial charge < -0.3 is 10.6 Å². The van der Waals surface area contributed by atoms with Gasteiger partial charge in [-0.05, 0) is 25.5 Å². The molecule has 1 aromatic carbocycles. The van der Waals surface area contributed by atoms with Crippen molar-refractivity contribution >= 4 is 5.82 Å². The second-order valence-corrected chi connectivity index (χ2v) is 5.05. The minimum absolute atomic E-state index is 0.0100. The molecule has 0 fully saturated rings. The van der Waals surface area contributed by atoms with E-state index in [1.54, 1.807) is 0 Å². The van der Waals surface area contributed by atoms with E-state index in [9.17, 15) is 0 Å². The van der Waals surface area contributed by atoms with Crippen molar-refractivity contribution in [3.8, 4) is 0 Å². The van der Waals surface area contributed by atoms with Crippen LogP contribution in [-0.4, -0.2) is 12.0 Å². The van der Waals surface area contributed by atoms with E-state index in [1.165, 1.54) is 11.1 Å². The monoisotopic (exact) mass is 255 g/mol. The van der Waals surface area contributed by atoms with Gasteiger partial charge in [-0.15, -0.1) is 0 Å². The van der Waals surface area contributed by atoms with Gasteiger partial charge in [0, 0.05) is 31.4 Å². The zero-order chi connectivity index (χ0) is 13.8. The summed E-state index contributed by atoms with van der Waals surface area (Å²) in [6.07, 6.45) is 1.81. The van der Waals surface area contributed by atoms with Gasteiger partial charge in [0.15, 0.2) is 0 Å². The predicted octanol–water partition coefficient (Wildman–Crippen LogP) is 3.05. The molecule has 0 unspecified atom stereocenters. The highest BCUT2D eigenvalue weighted by molar-refractivity contribution is 5.48. The molecular formula is C16H21N3. The molecule has 0 spiro atoms. The van der Waals surface area contributed by atoms with Crippen LogP contribution >= 0.6 is 0 Å². The molecule has 0 aliphatic heterocycles. The van der Waals surface area contributed by atoms with Gasteiger partial charge in [0.05, 0.1) is 0 Å². The molecule has 3 heteroatoms. The lowest BCUT2D eigenvalue weighted by Crippen LogP contribution is -2.21. The van der Waals surface area contributed by atoms with Gasteiger partial charge in [0.2, 0.25) is 0 Å². The quantitative estimate of drug-likeness (QED) is 0.913. The molecule has 1 aromatic heterocycles. The lowest BCUT2D eigenvalue weighted by Gasteiger charge is -2.22. The van der Waals surface area contributed by atoms with Crippen molar-refractivity contribution in [2.45, 2.75) is 26.4 Å². The molecule has 100 valence electrons. The normalized spacial score (nSPS) is 12.2. The molecule has 1 heterocycles. The highest BCUT2D eigenvalue weighted by atomic mass is 15.2. The van der Waals surface area contributed by atoms with E-state index in [2.05, 4.69) is 41.1 Å². The molecule has 0 bridgehead atoms. The third kappa shape index (κ3) is 3.32. The number of nitrogens with two attached hydrogens (primary N) is 1. The van der Waals surface area contributed by atoms with Gasteiger partial charge in [-0.2, -0.15) is 0 Å². The third-order valence-electron chi connectivity index (χ3n) is 3.21. The summed E-state index contributed by atoms with van der Waals surface area (Å²) in [5.41, 5.74) is 9.63. The number of hydrogen-bond acceptors (Lipinski definition) is 3. The lowest BCUT2D eigenvalue weighted by molar-refractivity contribution is 0.788. The van der Waals surface area contributed by atoms with Crippen LogP contribution in [0.5, 0.6) is 0 Å². The first-order valence-electron chi connectivity index (χ1n) is 6.55. The van der Waals surface area contributed by atoms with Crippen LogP contribution < -0.4 is 10.6 Å². The van der Waals surface area contributed by atoms with Crippen LogP contribution in [0.25, 0.3) is 0 Å². The largest absolute Gasteiger partial charge is 0.355 e. The Labute approximate surface area is 115 Å². The van der Waals surface area contributed by atoms with Gasteiger partial charge in [0.25, 0.3) is 0 Å². The molecule has 2 aromatic rings. The van der Waals surface area contributed by atoms with Crippen LogP contribution in [0, 0.1) is 6.92 Å². The topological polar surface area (TPSA) is 42.2 Å². The van der Waals surface area contributed by atoms with E-state index >= 15 is 0 Å². The van der Waals surface area contributed by atoms with Crippen LogP contribution in [0.1, 0.15) is 29.7 Å². The molecule has 0 radical (unpaired) electrons. The lowest BCUT2D eigenvalue weighted by atomic mass is 10.1. The molecular weight excluding hydrogens is 234 g/mol. The van der Waals surface area contributed by atoms with Gasteiger partial charge in [-0.1, -0.05) is 35.9 Å². The number of hydrogen-bond donors (Lipinski definition) is 1. The third-order valence-corrected chi connectivity index (χ3v) is 3.21. The average molecular weight is 255 g/mol. The number of anilines is 1. The molecule has 0 aliphatic rings. The van der Waals surface area contributed by atoms with Crippen molar-refractivity contribution in [3.63, 3.8) is 0 Å². The fourth-order valence-corrected chi connectivity index (χ4v) is 2.13.